The number of methoxy groups -OCH3 is 1. The molecule has 1 aromatic heterocycles. The average Bonchev–Trinajstić information content (AvgIpc) is 2.99. The molecule has 122 valence electrons. The molecule has 2 aromatic rings. The average molecular weight is 330 g/mol. The molecule has 0 spiro atoms. The Bertz CT molecular complexity index is 642. The summed E-state index contributed by atoms with van der Waals surface area (Å²) in [5, 5.41) is 5.10. The van der Waals surface area contributed by atoms with Crippen LogP contribution in [0.25, 0.3) is 0 Å². The molecule has 1 aliphatic heterocycles. The first-order chi connectivity index (χ1) is 11.3. The van der Waals surface area contributed by atoms with Gasteiger partial charge in [0.2, 0.25) is 0 Å². The van der Waals surface area contributed by atoms with Crippen LogP contribution in [0.3, 0.4) is 0 Å². The maximum absolute atomic E-state index is 12.9. The Hall–Kier alpha value is -2.01. The van der Waals surface area contributed by atoms with Crippen molar-refractivity contribution in [1.29, 1.82) is 0 Å². The molecule has 1 N–H and O–H groups in total. The van der Waals surface area contributed by atoms with Gasteiger partial charge >= 0.3 is 6.03 Å². The van der Waals surface area contributed by atoms with E-state index in [-0.39, 0.29) is 12.1 Å². The van der Waals surface area contributed by atoms with Gasteiger partial charge in [0.25, 0.3) is 0 Å². The number of rotatable bonds is 3. The van der Waals surface area contributed by atoms with E-state index in [1.165, 1.54) is 17.7 Å². The van der Waals surface area contributed by atoms with Crippen LogP contribution in [0.2, 0.25) is 0 Å². The van der Waals surface area contributed by atoms with E-state index in [0.29, 0.717) is 11.4 Å². The largest absolute Gasteiger partial charge is 0.495 e. The highest BCUT2D eigenvalue weighted by Crippen LogP contribution is 2.33. The van der Waals surface area contributed by atoms with Crippen molar-refractivity contribution in [3.05, 3.63) is 46.7 Å². The molecule has 2 amide bonds. The van der Waals surface area contributed by atoms with Crippen molar-refractivity contribution in [1.82, 2.24) is 4.90 Å². The molecule has 4 nitrogen and oxygen atoms in total. The summed E-state index contributed by atoms with van der Waals surface area (Å²) in [4.78, 5) is 16.1. The smallest absolute Gasteiger partial charge is 0.322 e. The van der Waals surface area contributed by atoms with Crippen molar-refractivity contribution < 1.29 is 9.53 Å². The van der Waals surface area contributed by atoms with Gasteiger partial charge in [-0.3, -0.25) is 0 Å². The lowest BCUT2D eigenvalue weighted by atomic mass is 10.1. The molecular weight excluding hydrogens is 308 g/mol. The van der Waals surface area contributed by atoms with Gasteiger partial charge in [-0.05, 0) is 36.4 Å². The molecule has 0 bridgehead atoms. The molecule has 1 aliphatic rings. The molecule has 1 atom stereocenters. The van der Waals surface area contributed by atoms with Crippen LogP contribution in [0, 0.1) is 0 Å². The monoisotopic (exact) mass is 330 g/mol. The molecule has 0 saturated carbocycles. The van der Waals surface area contributed by atoms with Gasteiger partial charge in [-0.1, -0.05) is 31.0 Å². The first kappa shape index (κ1) is 15.9. The summed E-state index contributed by atoms with van der Waals surface area (Å²) in [6.45, 7) is 0.795. The number of urea groups is 1. The molecule has 23 heavy (non-hydrogen) atoms. The lowest BCUT2D eigenvalue weighted by molar-refractivity contribution is 0.190. The van der Waals surface area contributed by atoms with E-state index in [0.717, 1.165) is 19.4 Å². The number of para-hydroxylation sites is 2. The first-order valence-corrected chi connectivity index (χ1v) is 8.91. The van der Waals surface area contributed by atoms with E-state index < -0.39 is 0 Å². The van der Waals surface area contributed by atoms with Gasteiger partial charge in [0.05, 0.1) is 18.8 Å². The lowest BCUT2D eigenvalue weighted by Gasteiger charge is -2.29. The third-order valence-electron chi connectivity index (χ3n) is 4.23. The quantitative estimate of drug-likeness (QED) is 0.869. The van der Waals surface area contributed by atoms with E-state index in [1.54, 1.807) is 18.4 Å². The van der Waals surface area contributed by atoms with Gasteiger partial charge in [0.1, 0.15) is 5.75 Å². The number of ether oxygens (including phenoxy) is 1. The zero-order chi connectivity index (χ0) is 16.1. The maximum atomic E-state index is 12.9. The maximum Gasteiger partial charge on any atom is 0.322 e. The number of nitrogens with one attached hydrogen (secondary N) is 1. The molecule has 0 radical (unpaired) electrons. The first-order valence-electron chi connectivity index (χ1n) is 8.03. The Morgan fingerprint density at radius 3 is 2.87 bits per heavy atom. The minimum Gasteiger partial charge on any atom is -0.495 e. The van der Waals surface area contributed by atoms with Gasteiger partial charge < -0.3 is 15.0 Å². The standard InChI is InChI=1S/C18H22N2O2S/c1-22-16-10-5-4-8-14(16)19-18(21)20-12-6-2-3-9-15(20)17-11-7-13-23-17/h4-5,7-8,10-11,13,15H,2-3,6,9,12H2,1H3,(H,19,21). The van der Waals surface area contributed by atoms with E-state index in [1.807, 2.05) is 29.2 Å². The third kappa shape index (κ3) is 3.67. The van der Waals surface area contributed by atoms with Crippen molar-refractivity contribution in [2.75, 3.05) is 19.0 Å². The lowest BCUT2D eigenvalue weighted by Crippen LogP contribution is -2.37. The number of anilines is 1. The van der Waals surface area contributed by atoms with Crippen molar-refractivity contribution in [3.63, 3.8) is 0 Å². The Morgan fingerprint density at radius 1 is 1.22 bits per heavy atom. The van der Waals surface area contributed by atoms with Crippen LogP contribution in [-0.2, 0) is 0 Å². The third-order valence-corrected chi connectivity index (χ3v) is 5.21. The fourth-order valence-corrected chi connectivity index (χ4v) is 3.94. The number of carbonyl (C=O) groups is 1. The Kier molecular flexibility index (Phi) is 5.18. The molecule has 5 heteroatoms. The molecule has 1 unspecified atom stereocenters. The number of likely N-dealkylation sites (tertiary alicyclic amines) is 1. The molecule has 0 aliphatic carbocycles. The summed E-state index contributed by atoms with van der Waals surface area (Å²) in [6.07, 6.45) is 4.43. The number of carbonyl (C=O) groups excluding carboxylic acids is 1. The van der Waals surface area contributed by atoms with Crippen LogP contribution in [0.1, 0.15) is 36.6 Å². The second-order valence-electron chi connectivity index (χ2n) is 5.70. The van der Waals surface area contributed by atoms with Crippen LogP contribution in [-0.4, -0.2) is 24.6 Å². The van der Waals surface area contributed by atoms with Crippen LogP contribution >= 0.6 is 11.3 Å². The van der Waals surface area contributed by atoms with Crippen molar-refractivity contribution in [3.8, 4) is 5.75 Å². The zero-order valence-corrected chi connectivity index (χ0v) is 14.1. The van der Waals surface area contributed by atoms with Crippen molar-refractivity contribution >= 4 is 23.1 Å². The normalized spacial score (nSPS) is 18.3. The van der Waals surface area contributed by atoms with Crippen LogP contribution in [0.4, 0.5) is 10.5 Å². The highest BCUT2D eigenvalue weighted by Gasteiger charge is 2.27. The van der Waals surface area contributed by atoms with E-state index in [4.69, 9.17) is 4.74 Å². The molecule has 1 saturated heterocycles. The van der Waals surface area contributed by atoms with Crippen LogP contribution < -0.4 is 10.1 Å². The molecule has 1 aromatic carbocycles. The zero-order valence-electron chi connectivity index (χ0n) is 13.3. The number of benzene rings is 1. The highest BCUT2D eigenvalue weighted by molar-refractivity contribution is 7.10. The summed E-state index contributed by atoms with van der Waals surface area (Å²) >= 11 is 1.73. The van der Waals surface area contributed by atoms with Gasteiger partial charge in [0, 0.05) is 11.4 Å². The predicted octanol–water partition coefficient (Wildman–Crippen LogP) is 4.91. The van der Waals surface area contributed by atoms with Gasteiger partial charge in [-0.2, -0.15) is 0 Å². The second-order valence-corrected chi connectivity index (χ2v) is 6.68. The summed E-state index contributed by atoms with van der Waals surface area (Å²) < 4.78 is 5.33. The fraction of sp³-hybridized carbons (Fsp3) is 0.389. The van der Waals surface area contributed by atoms with E-state index >= 15 is 0 Å². The Morgan fingerprint density at radius 2 is 2.09 bits per heavy atom. The minimum absolute atomic E-state index is 0.0465. The van der Waals surface area contributed by atoms with Gasteiger partial charge in [0.15, 0.2) is 0 Å². The topological polar surface area (TPSA) is 41.6 Å². The molecule has 1 fully saturated rings. The fourth-order valence-electron chi connectivity index (χ4n) is 3.06. The van der Waals surface area contributed by atoms with Gasteiger partial charge in [-0.15, -0.1) is 11.3 Å². The van der Waals surface area contributed by atoms with E-state index in [2.05, 4.69) is 22.8 Å². The Labute approximate surface area is 141 Å². The summed E-state index contributed by atoms with van der Waals surface area (Å²) in [6, 6.07) is 11.8. The molecule has 2 heterocycles. The number of nitrogens with zero attached hydrogens (tertiary/aromatic N) is 1. The molecule has 3 rings (SSSR count). The van der Waals surface area contributed by atoms with E-state index in [9.17, 15) is 4.79 Å². The SMILES string of the molecule is COc1ccccc1NC(=O)N1CCCCCC1c1cccs1. The van der Waals surface area contributed by atoms with Crippen LogP contribution in [0.5, 0.6) is 5.75 Å². The second kappa shape index (κ2) is 7.51. The van der Waals surface area contributed by atoms with Crippen LogP contribution in [0.15, 0.2) is 41.8 Å². The van der Waals surface area contributed by atoms with Crippen molar-refractivity contribution in [2.45, 2.75) is 31.7 Å². The van der Waals surface area contributed by atoms with Crippen molar-refractivity contribution in [2.24, 2.45) is 0 Å². The predicted molar refractivity (Wildman–Crippen MR) is 94.2 cm³/mol. The Balaban J connectivity index is 1.80. The number of thiophene rings is 1. The number of hydrogen-bond donors (Lipinski definition) is 1. The number of hydrogen-bond acceptors (Lipinski definition) is 3. The summed E-state index contributed by atoms with van der Waals surface area (Å²) in [5.74, 6) is 0.684. The number of amides is 2. The minimum atomic E-state index is -0.0465. The highest BCUT2D eigenvalue weighted by atomic mass is 32.1. The summed E-state index contributed by atoms with van der Waals surface area (Å²) in [7, 11) is 1.62. The van der Waals surface area contributed by atoms with Gasteiger partial charge in [-0.25, -0.2) is 4.79 Å². The summed E-state index contributed by atoms with van der Waals surface area (Å²) in [5.41, 5.74) is 0.717. The molecular formula is C18H22N2O2S.